The summed E-state index contributed by atoms with van der Waals surface area (Å²) in [5.41, 5.74) is 0.681. The molecule has 2 fully saturated rings. The van der Waals surface area contributed by atoms with Gasteiger partial charge in [-0.1, -0.05) is 6.07 Å². The van der Waals surface area contributed by atoms with Crippen molar-refractivity contribution in [2.45, 2.75) is 37.3 Å². The first-order valence-corrected chi connectivity index (χ1v) is 11.2. The first-order chi connectivity index (χ1) is 14.9. The molecule has 4 rings (SSSR count). The average Bonchev–Trinajstić information content (AvgIpc) is 3.41. The van der Waals surface area contributed by atoms with E-state index in [2.05, 4.69) is 10.6 Å². The van der Waals surface area contributed by atoms with Crippen LogP contribution in [0, 0.1) is 5.92 Å². The Labute approximate surface area is 189 Å². The van der Waals surface area contributed by atoms with Gasteiger partial charge in [-0.15, -0.1) is 11.3 Å². The van der Waals surface area contributed by atoms with E-state index < -0.39 is 30.2 Å². The molecule has 8 nitrogen and oxygen atoms in total. The number of anilines is 1. The van der Waals surface area contributed by atoms with Crippen molar-refractivity contribution in [1.29, 1.82) is 0 Å². The number of ether oxygens (including phenoxy) is 2. The van der Waals surface area contributed by atoms with Crippen molar-refractivity contribution in [3.8, 4) is 11.5 Å². The Morgan fingerprint density at radius 1 is 1.29 bits per heavy atom. The molecule has 2 heterocycles. The van der Waals surface area contributed by atoms with Crippen LogP contribution < -0.4 is 25.0 Å². The predicted octanol–water partition coefficient (Wildman–Crippen LogP) is 1.26. The molecule has 2 aromatic rings. The molecule has 0 bridgehead atoms. The third-order valence-electron chi connectivity index (χ3n) is 5.81. The van der Waals surface area contributed by atoms with Crippen molar-refractivity contribution in [2.75, 3.05) is 19.1 Å². The number of carbonyl (C=O) groups is 1. The fraction of sp³-hybridized carbons (Fsp3) is 0.429. The maximum absolute atomic E-state index is 13.2. The number of aliphatic hydroxyl groups excluding tert-OH is 2. The molecule has 5 atom stereocenters. The van der Waals surface area contributed by atoms with Gasteiger partial charge in [-0.2, -0.15) is 0 Å². The SMILES string of the molecule is COc1cc(OC)cc(N2C(=S)NC3C(O)C(O)CC(C(=O)NCc4cccs4)C32)c1. The molecule has 31 heavy (non-hydrogen) atoms. The third kappa shape index (κ3) is 4.20. The third-order valence-corrected chi connectivity index (χ3v) is 7.00. The lowest BCUT2D eigenvalue weighted by Gasteiger charge is -2.41. The molecule has 0 radical (unpaired) electrons. The van der Waals surface area contributed by atoms with Gasteiger partial charge in [-0.05, 0) is 30.1 Å². The molecule has 4 N–H and O–H groups in total. The number of nitrogens with zero attached hydrogens (tertiary/aromatic N) is 1. The fourth-order valence-corrected chi connectivity index (χ4v) is 5.30. The number of amides is 1. The van der Waals surface area contributed by atoms with E-state index in [4.69, 9.17) is 21.7 Å². The lowest BCUT2D eigenvalue weighted by molar-refractivity contribution is -0.131. The van der Waals surface area contributed by atoms with Gasteiger partial charge >= 0.3 is 0 Å². The normalized spacial score (nSPS) is 27.4. The van der Waals surface area contributed by atoms with Crippen molar-refractivity contribution >= 4 is 40.3 Å². The first kappa shape index (κ1) is 21.8. The quantitative estimate of drug-likeness (QED) is 0.475. The van der Waals surface area contributed by atoms with E-state index in [9.17, 15) is 15.0 Å². The Balaban J connectivity index is 1.66. The Hall–Kier alpha value is -2.40. The maximum atomic E-state index is 13.2. The van der Waals surface area contributed by atoms with Gasteiger partial charge in [-0.3, -0.25) is 4.79 Å². The van der Waals surface area contributed by atoms with Crippen LogP contribution in [0.5, 0.6) is 11.5 Å². The summed E-state index contributed by atoms with van der Waals surface area (Å²) >= 11 is 7.13. The van der Waals surface area contributed by atoms with Crippen LogP contribution >= 0.6 is 23.6 Å². The molecule has 0 spiro atoms. The Kier molecular flexibility index (Phi) is 6.33. The van der Waals surface area contributed by atoms with E-state index in [1.54, 1.807) is 43.8 Å². The number of thiocarbonyl (C=S) groups is 1. The number of benzene rings is 1. The number of hydrogen-bond acceptors (Lipinski definition) is 7. The van der Waals surface area contributed by atoms with E-state index >= 15 is 0 Å². The zero-order chi connectivity index (χ0) is 22.1. The standard InChI is InChI=1S/C21H25N3O5S2/c1-28-12-6-11(7-13(8-12)29-2)24-18-15(20(27)22-10-14-4-3-5-31-14)9-16(25)19(26)17(18)23-21(24)30/h3-8,15-19,25-26H,9-10H2,1-2H3,(H,22,27)(H,23,30). The van der Waals surface area contributed by atoms with Crippen molar-refractivity contribution in [3.63, 3.8) is 0 Å². The van der Waals surface area contributed by atoms with E-state index in [0.29, 0.717) is 28.8 Å². The van der Waals surface area contributed by atoms with Gasteiger partial charge in [0.25, 0.3) is 0 Å². The number of rotatable bonds is 6. The number of nitrogens with one attached hydrogen (secondary N) is 2. The minimum absolute atomic E-state index is 0.125. The highest BCUT2D eigenvalue weighted by Gasteiger charge is 2.54. The highest BCUT2D eigenvalue weighted by atomic mass is 32.1. The lowest BCUT2D eigenvalue weighted by Crippen LogP contribution is -2.60. The Morgan fingerprint density at radius 3 is 2.61 bits per heavy atom. The Bertz CT molecular complexity index is 932. The summed E-state index contributed by atoms with van der Waals surface area (Å²) in [6, 6.07) is 8.16. The number of methoxy groups -OCH3 is 2. The molecule has 1 aliphatic heterocycles. The molecule has 1 amide bonds. The van der Waals surface area contributed by atoms with Gasteiger partial charge in [0.05, 0.1) is 50.6 Å². The summed E-state index contributed by atoms with van der Waals surface area (Å²) in [5, 5.41) is 29.5. The van der Waals surface area contributed by atoms with E-state index in [1.165, 1.54) is 0 Å². The van der Waals surface area contributed by atoms with Crippen LogP contribution in [0.15, 0.2) is 35.7 Å². The van der Waals surface area contributed by atoms with Crippen LogP contribution in [0.25, 0.3) is 0 Å². The van der Waals surface area contributed by atoms with Gasteiger partial charge in [0, 0.05) is 23.1 Å². The highest BCUT2D eigenvalue weighted by molar-refractivity contribution is 7.80. The predicted molar refractivity (Wildman–Crippen MR) is 122 cm³/mol. The van der Waals surface area contributed by atoms with Gasteiger partial charge in [0.15, 0.2) is 5.11 Å². The summed E-state index contributed by atoms with van der Waals surface area (Å²) in [7, 11) is 3.12. The van der Waals surface area contributed by atoms with Crippen molar-refractivity contribution in [1.82, 2.24) is 10.6 Å². The molecule has 1 saturated carbocycles. The molecular formula is C21H25N3O5S2. The molecule has 10 heteroatoms. The van der Waals surface area contributed by atoms with Crippen LogP contribution in [-0.2, 0) is 11.3 Å². The lowest BCUT2D eigenvalue weighted by atomic mass is 9.77. The van der Waals surface area contributed by atoms with Crippen LogP contribution in [0.4, 0.5) is 5.69 Å². The smallest absolute Gasteiger partial charge is 0.225 e. The number of hydrogen-bond donors (Lipinski definition) is 4. The monoisotopic (exact) mass is 463 g/mol. The summed E-state index contributed by atoms with van der Waals surface area (Å²) in [5.74, 6) is 0.376. The maximum Gasteiger partial charge on any atom is 0.225 e. The van der Waals surface area contributed by atoms with Gasteiger partial charge in [0.2, 0.25) is 5.91 Å². The highest BCUT2D eigenvalue weighted by Crippen LogP contribution is 2.39. The molecule has 2 aliphatic rings. The topological polar surface area (TPSA) is 103 Å². The fourth-order valence-electron chi connectivity index (χ4n) is 4.29. The molecule has 1 aliphatic carbocycles. The van der Waals surface area contributed by atoms with Crippen molar-refractivity contribution in [2.24, 2.45) is 5.92 Å². The molecular weight excluding hydrogens is 438 g/mol. The second kappa shape index (κ2) is 8.99. The summed E-state index contributed by atoms with van der Waals surface area (Å²) in [6.45, 7) is 0.411. The van der Waals surface area contributed by atoms with E-state index in [0.717, 1.165) is 4.88 Å². The van der Waals surface area contributed by atoms with Crippen LogP contribution in [0.3, 0.4) is 0 Å². The van der Waals surface area contributed by atoms with Gasteiger partial charge < -0.3 is 35.2 Å². The summed E-state index contributed by atoms with van der Waals surface area (Å²) in [4.78, 5) is 16.0. The van der Waals surface area contributed by atoms with Crippen molar-refractivity contribution < 1.29 is 24.5 Å². The zero-order valence-electron chi connectivity index (χ0n) is 17.1. The molecule has 1 saturated heterocycles. The number of thiophene rings is 1. The first-order valence-electron chi connectivity index (χ1n) is 9.92. The molecule has 5 unspecified atom stereocenters. The largest absolute Gasteiger partial charge is 0.497 e. The average molecular weight is 464 g/mol. The Morgan fingerprint density at radius 2 is 2.00 bits per heavy atom. The minimum Gasteiger partial charge on any atom is -0.497 e. The zero-order valence-corrected chi connectivity index (χ0v) is 18.8. The van der Waals surface area contributed by atoms with Crippen LogP contribution in [0.2, 0.25) is 0 Å². The second-order valence-electron chi connectivity index (χ2n) is 7.60. The van der Waals surface area contributed by atoms with Gasteiger partial charge in [0.1, 0.15) is 17.6 Å². The van der Waals surface area contributed by atoms with Crippen LogP contribution in [0.1, 0.15) is 11.3 Å². The number of carbonyl (C=O) groups excluding carboxylic acids is 1. The molecule has 166 valence electrons. The van der Waals surface area contributed by atoms with Gasteiger partial charge in [-0.25, -0.2) is 0 Å². The molecule has 1 aromatic carbocycles. The van der Waals surface area contributed by atoms with E-state index in [-0.39, 0.29) is 12.3 Å². The summed E-state index contributed by atoms with van der Waals surface area (Å²) in [6.07, 6.45) is -1.96. The van der Waals surface area contributed by atoms with Crippen LogP contribution in [-0.4, -0.2) is 59.7 Å². The summed E-state index contributed by atoms with van der Waals surface area (Å²) < 4.78 is 10.8. The minimum atomic E-state index is -1.05. The number of fused-ring (bicyclic) bond motifs is 1. The second-order valence-corrected chi connectivity index (χ2v) is 9.02. The van der Waals surface area contributed by atoms with Crippen molar-refractivity contribution in [3.05, 3.63) is 40.6 Å². The molecule has 1 aromatic heterocycles. The van der Waals surface area contributed by atoms with E-state index in [1.807, 2.05) is 22.4 Å². The number of aliphatic hydroxyl groups is 2.